The number of hydrogen-bond donors (Lipinski definition) is 1. The van der Waals surface area contributed by atoms with Gasteiger partial charge < -0.3 is 28.8 Å². The summed E-state index contributed by atoms with van der Waals surface area (Å²) in [7, 11) is 0. The van der Waals surface area contributed by atoms with Crippen molar-refractivity contribution in [1.82, 2.24) is 0 Å². The monoisotopic (exact) mass is 564 g/mol. The minimum absolute atomic E-state index is 0.143. The van der Waals surface area contributed by atoms with Crippen LogP contribution in [0.15, 0.2) is 103 Å². The molecule has 0 aromatic heterocycles. The van der Waals surface area contributed by atoms with Gasteiger partial charge in [0.25, 0.3) is 0 Å². The molecule has 6 heteroatoms. The van der Waals surface area contributed by atoms with E-state index in [0.717, 1.165) is 22.3 Å². The highest BCUT2D eigenvalue weighted by atomic mass is 16.6. The molecule has 1 aliphatic heterocycles. The lowest BCUT2D eigenvalue weighted by molar-refractivity contribution is -0.0646. The molecule has 2 bridgehead atoms. The number of aromatic hydroxyl groups is 1. The standard InChI is InChI=1S/C36H36O6/c37-36-32-22-29(17-16-28-10-4-1-5-11-28)23-33(36)25-40-27-35(31-14-8-3-9-15-31)42-21-19-38-18-20-41-34(26-39-24-32)30-12-6-2-7-13-30/h1-15,22-23,34-35,37H,18-21,24-27H2/t34-,35-/m1/s1. The fourth-order valence-electron chi connectivity index (χ4n) is 4.69. The molecule has 0 spiro atoms. The van der Waals surface area contributed by atoms with Crippen LogP contribution >= 0.6 is 0 Å². The zero-order chi connectivity index (χ0) is 28.8. The van der Waals surface area contributed by atoms with Crippen LogP contribution in [0.2, 0.25) is 0 Å². The Labute approximate surface area is 247 Å². The first-order valence-corrected chi connectivity index (χ1v) is 14.2. The van der Waals surface area contributed by atoms with Crippen LogP contribution in [0.3, 0.4) is 0 Å². The number of benzene rings is 4. The van der Waals surface area contributed by atoms with Crippen LogP contribution in [0.1, 0.15) is 45.6 Å². The molecule has 2 atom stereocenters. The molecule has 42 heavy (non-hydrogen) atoms. The molecule has 5 rings (SSSR count). The van der Waals surface area contributed by atoms with Gasteiger partial charge in [0.15, 0.2) is 0 Å². The molecule has 0 radical (unpaired) electrons. The third kappa shape index (κ3) is 8.77. The third-order valence-corrected chi connectivity index (χ3v) is 6.88. The number of fused-ring (bicyclic) bond motifs is 2. The van der Waals surface area contributed by atoms with Crippen molar-refractivity contribution in [1.29, 1.82) is 0 Å². The maximum Gasteiger partial charge on any atom is 0.126 e. The minimum atomic E-state index is -0.279. The molecule has 0 fully saturated rings. The average molecular weight is 565 g/mol. The van der Waals surface area contributed by atoms with Crippen LogP contribution in [0.25, 0.3) is 0 Å². The van der Waals surface area contributed by atoms with E-state index in [2.05, 4.69) is 11.8 Å². The third-order valence-electron chi connectivity index (χ3n) is 6.88. The summed E-state index contributed by atoms with van der Waals surface area (Å²) < 4.78 is 30.4. The van der Waals surface area contributed by atoms with E-state index in [9.17, 15) is 5.11 Å². The van der Waals surface area contributed by atoms with E-state index in [0.29, 0.717) is 50.8 Å². The number of phenolic OH excluding ortho intramolecular Hbond substituents is 1. The summed E-state index contributed by atoms with van der Waals surface area (Å²) in [5.41, 5.74) is 4.99. The van der Waals surface area contributed by atoms with E-state index in [1.807, 2.05) is 103 Å². The Morgan fingerprint density at radius 2 is 0.976 bits per heavy atom. The van der Waals surface area contributed by atoms with E-state index in [-0.39, 0.29) is 31.2 Å². The molecule has 0 unspecified atom stereocenters. The van der Waals surface area contributed by atoms with Crippen LogP contribution in [0.4, 0.5) is 0 Å². The summed E-state index contributed by atoms with van der Waals surface area (Å²) in [6.07, 6.45) is -0.559. The lowest BCUT2D eigenvalue weighted by Gasteiger charge is -2.21. The minimum Gasteiger partial charge on any atom is -0.507 e. The van der Waals surface area contributed by atoms with Gasteiger partial charge in [0.1, 0.15) is 18.0 Å². The van der Waals surface area contributed by atoms with E-state index in [1.54, 1.807) is 0 Å². The van der Waals surface area contributed by atoms with Crippen molar-refractivity contribution in [2.75, 3.05) is 39.6 Å². The Balaban J connectivity index is 1.40. The Kier molecular flexibility index (Phi) is 11.2. The van der Waals surface area contributed by atoms with Gasteiger partial charge in [-0.05, 0) is 35.4 Å². The molecule has 216 valence electrons. The molecule has 6 nitrogen and oxygen atoms in total. The fourth-order valence-corrected chi connectivity index (χ4v) is 4.69. The van der Waals surface area contributed by atoms with E-state index < -0.39 is 0 Å². The summed E-state index contributed by atoms with van der Waals surface area (Å²) in [4.78, 5) is 0. The number of hydrogen-bond acceptors (Lipinski definition) is 6. The van der Waals surface area contributed by atoms with Gasteiger partial charge in [0.2, 0.25) is 0 Å². The van der Waals surface area contributed by atoms with Gasteiger partial charge in [0.05, 0.1) is 52.9 Å². The van der Waals surface area contributed by atoms with Gasteiger partial charge in [-0.3, -0.25) is 0 Å². The predicted molar refractivity (Wildman–Crippen MR) is 161 cm³/mol. The quantitative estimate of drug-likeness (QED) is 0.286. The summed E-state index contributed by atoms with van der Waals surface area (Å²) in [5.74, 6) is 6.59. The van der Waals surface area contributed by atoms with Crippen molar-refractivity contribution < 1.29 is 28.8 Å². The second-order valence-electron chi connectivity index (χ2n) is 9.94. The first-order chi connectivity index (χ1) is 20.8. The average Bonchev–Trinajstić information content (AvgIpc) is 3.04. The highest BCUT2D eigenvalue weighted by Gasteiger charge is 2.17. The molecule has 1 aliphatic rings. The van der Waals surface area contributed by atoms with Crippen molar-refractivity contribution in [3.8, 4) is 17.6 Å². The number of rotatable bonds is 2. The SMILES string of the molecule is Oc1c2cc(C#Cc3ccccc3)cc1COC[C@H](c1ccccc1)OCCOCCO[C@@H](c1ccccc1)COC2. The normalized spacial score (nSPS) is 19.0. The summed E-state index contributed by atoms with van der Waals surface area (Å²) >= 11 is 0. The maximum absolute atomic E-state index is 11.2. The molecule has 0 saturated carbocycles. The van der Waals surface area contributed by atoms with Gasteiger partial charge >= 0.3 is 0 Å². The smallest absolute Gasteiger partial charge is 0.126 e. The first kappa shape index (κ1) is 29.5. The lowest BCUT2D eigenvalue weighted by atomic mass is 10.0. The Morgan fingerprint density at radius 3 is 1.48 bits per heavy atom. The highest BCUT2D eigenvalue weighted by molar-refractivity contribution is 5.51. The van der Waals surface area contributed by atoms with E-state index in [1.165, 1.54) is 0 Å². The predicted octanol–water partition coefficient (Wildman–Crippen LogP) is 6.37. The van der Waals surface area contributed by atoms with Crippen LogP contribution < -0.4 is 0 Å². The van der Waals surface area contributed by atoms with Gasteiger partial charge in [-0.25, -0.2) is 0 Å². The number of phenols is 1. The zero-order valence-corrected chi connectivity index (χ0v) is 23.6. The molecule has 1 N–H and O–H groups in total. The molecule has 0 saturated heterocycles. The van der Waals surface area contributed by atoms with Gasteiger partial charge in [-0.15, -0.1) is 0 Å². The summed E-state index contributed by atoms with van der Waals surface area (Å²) in [5, 5.41) is 11.2. The largest absolute Gasteiger partial charge is 0.507 e. The molecule has 0 amide bonds. The van der Waals surface area contributed by atoms with Gasteiger partial charge in [0, 0.05) is 22.3 Å². The van der Waals surface area contributed by atoms with Crippen molar-refractivity contribution >= 4 is 0 Å². The van der Waals surface area contributed by atoms with E-state index >= 15 is 0 Å². The maximum atomic E-state index is 11.2. The molecule has 4 aromatic rings. The molecular weight excluding hydrogens is 528 g/mol. The Morgan fingerprint density at radius 1 is 0.524 bits per heavy atom. The molecule has 0 aliphatic carbocycles. The summed E-state index contributed by atoms with van der Waals surface area (Å²) in [6.45, 7) is 2.71. The zero-order valence-electron chi connectivity index (χ0n) is 23.6. The van der Waals surface area contributed by atoms with Gasteiger partial charge in [-0.2, -0.15) is 0 Å². The van der Waals surface area contributed by atoms with Crippen molar-refractivity contribution in [2.45, 2.75) is 25.4 Å². The van der Waals surface area contributed by atoms with Crippen LogP contribution in [0, 0.1) is 11.8 Å². The first-order valence-electron chi connectivity index (χ1n) is 14.2. The Bertz CT molecular complexity index is 1350. The Hall–Kier alpha value is -3.96. The van der Waals surface area contributed by atoms with Crippen molar-refractivity contribution in [2.24, 2.45) is 0 Å². The molecule has 1 heterocycles. The second-order valence-corrected chi connectivity index (χ2v) is 9.94. The second kappa shape index (κ2) is 15.9. The topological polar surface area (TPSA) is 66.4 Å². The molecular formula is C36H36O6. The fraction of sp³-hybridized carbons (Fsp3) is 0.278. The summed E-state index contributed by atoms with van der Waals surface area (Å²) in [6, 6.07) is 33.5. The van der Waals surface area contributed by atoms with Crippen LogP contribution in [-0.2, 0) is 36.9 Å². The highest BCUT2D eigenvalue weighted by Crippen LogP contribution is 2.28. The van der Waals surface area contributed by atoms with E-state index in [4.69, 9.17) is 23.7 Å². The molecule has 4 aromatic carbocycles. The van der Waals surface area contributed by atoms with Gasteiger partial charge in [-0.1, -0.05) is 90.7 Å². The van der Waals surface area contributed by atoms with Crippen molar-refractivity contribution in [3.63, 3.8) is 0 Å². The van der Waals surface area contributed by atoms with Crippen molar-refractivity contribution in [3.05, 3.63) is 137 Å². The lowest BCUT2D eigenvalue weighted by Crippen LogP contribution is -2.18. The number of ether oxygens (including phenoxy) is 5. The van der Waals surface area contributed by atoms with Crippen LogP contribution in [-0.4, -0.2) is 44.7 Å². The van der Waals surface area contributed by atoms with Crippen LogP contribution in [0.5, 0.6) is 5.75 Å².